The van der Waals surface area contributed by atoms with Gasteiger partial charge in [-0.3, -0.25) is 0 Å². The van der Waals surface area contributed by atoms with E-state index in [1.165, 1.54) is 5.56 Å². The van der Waals surface area contributed by atoms with Gasteiger partial charge in [-0.2, -0.15) is 0 Å². The van der Waals surface area contributed by atoms with Gasteiger partial charge >= 0.3 is 0 Å². The summed E-state index contributed by atoms with van der Waals surface area (Å²) in [5, 5.41) is 0. The molecule has 2 N–H and O–H groups in total. The fraction of sp³-hybridized carbons (Fsp3) is 0.353. The maximum Gasteiger partial charge on any atom is 0.128 e. The first-order valence-electron chi connectivity index (χ1n) is 7.43. The van der Waals surface area contributed by atoms with E-state index in [9.17, 15) is 0 Å². The summed E-state index contributed by atoms with van der Waals surface area (Å²) in [6, 6.07) is 14.2. The summed E-state index contributed by atoms with van der Waals surface area (Å²) >= 11 is 0. The number of nitrogens with two attached hydrogens (primary N) is 1. The molecule has 0 atom stereocenters. The SMILES string of the molecule is Nc1ccc(N2CCC(OCc3ccccc3)CC2)nc1. The zero-order valence-electron chi connectivity index (χ0n) is 12.1. The summed E-state index contributed by atoms with van der Waals surface area (Å²) in [5.41, 5.74) is 7.62. The summed E-state index contributed by atoms with van der Waals surface area (Å²) in [5.74, 6) is 1.01. The van der Waals surface area contributed by atoms with Crippen molar-refractivity contribution >= 4 is 11.5 Å². The van der Waals surface area contributed by atoms with Crippen molar-refractivity contribution < 1.29 is 4.74 Å². The van der Waals surface area contributed by atoms with Gasteiger partial charge in [0.05, 0.1) is 24.6 Å². The molecule has 0 spiro atoms. The van der Waals surface area contributed by atoms with Gasteiger partial charge in [0, 0.05) is 13.1 Å². The van der Waals surface area contributed by atoms with E-state index in [0.29, 0.717) is 18.4 Å². The number of hydrogen-bond acceptors (Lipinski definition) is 4. The molecule has 0 bridgehead atoms. The molecule has 1 aromatic heterocycles. The predicted octanol–water partition coefficient (Wildman–Crippen LogP) is 2.85. The van der Waals surface area contributed by atoms with Gasteiger partial charge in [-0.25, -0.2) is 4.98 Å². The number of hydrogen-bond donors (Lipinski definition) is 1. The second kappa shape index (κ2) is 6.59. The van der Waals surface area contributed by atoms with Gasteiger partial charge in [0.25, 0.3) is 0 Å². The monoisotopic (exact) mass is 283 g/mol. The number of rotatable bonds is 4. The fourth-order valence-corrected chi connectivity index (χ4v) is 2.62. The van der Waals surface area contributed by atoms with Crippen molar-refractivity contribution in [2.45, 2.75) is 25.6 Å². The van der Waals surface area contributed by atoms with Gasteiger partial charge in [0.15, 0.2) is 0 Å². The van der Waals surface area contributed by atoms with E-state index >= 15 is 0 Å². The molecular formula is C17H21N3O. The average molecular weight is 283 g/mol. The molecular weight excluding hydrogens is 262 g/mol. The standard InChI is InChI=1S/C17H21N3O/c18-15-6-7-17(19-12-15)20-10-8-16(9-11-20)21-13-14-4-2-1-3-5-14/h1-7,12,16H,8-11,13,18H2. The predicted molar refractivity (Wildman–Crippen MR) is 85.1 cm³/mol. The van der Waals surface area contributed by atoms with Crippen LogP contribution in [-0.4, -0.2) is 24.2 Å². The molecule has 0 unspecified atom stereocenters. The van der Waals surface area contributed by atoms with Crippen LogP contribution in [0.5, 0.6) is 0 Å². The van der Waals surface area contributed by atoms with Crippen LogP contribution in [0.4, 0.5) is 11.5 Å². The minimum Gasteiger partial charge on any atom is -0.397 e. The normalized spacial score (nSPS) is 16.1. The van der Waals surface area contributed by atoms with Crippen LogP contribution in [0.1, 0.15) is 18.4 Å². The van der Waals surface area contributed by atoms with Crippen LogP contribution in [0.2, 0.25) is 0 Å². The first kappa shape index (κ1) is 13.9. The van der Waals surface area contributed by atoms with Crippen molar-refractivity contribution in [2.24, 2.45) is 0 Å². The third kappa shape index (κ3) is 3.73. The lowest BCUT2D eigenvalue weighted by Gasteiger charge is -2.32. The highest BCUT2D eigenvalue weighted by Crippen LogP contribution is 2.20. The largest absolute Gasteiger partial charge is 0.397 e. The number of ether oxygens (including phenoxy) is 1. The number of piperidine rings is 1. The van der Waals surface area contributed by atoms with Crippen molar-refractivity contribution in [1.29, 1.82) is 0 Å². The Morgan fingerprint density at radius 1 is 1.10 bits per heavy atom. The smallest absolute Gasteiger partial charge is 0.128 e. The van der Waals surface area contributed by atoms with E-state index in [0.717, 1.165) is 31.7 Å². The van der Waals surface area contributed by atoms with Crippen LogP contribution >= 0.6 is 0 Å². The molecule has 21 heavy (non-hydrogen) atoms. The molecule has 0 radical (unpaired) electrons. The Bertz CT molecular complexity index is 548. The fourth-order valence-electron chi connectivity index (χ4n) is 2.62. The van der Waals surface area contributed by atoms with E-state index in [1.54, 1.807) is 6.20 Å². The van der Waals surface area contributed by atoms with Gasteiger partial charge in [0.1, 0.15) is 5.82 Å². The molecule has 4 heteroatoms. The zero-order chi connectivity index (χ0) is 14.5. The third-order valence-electron chi connectivity index (χ3n) is 3.87. The molecule has 1 aromatic carbocycles. The van der Waals surface area contributed by atoms with Crippen molar-refractivity contribution in [1.82, 2.24) is 4.98 Å². The molecule has 0 saturated carbocycles. The molecule has 1 fully saturated rings. The molecule has 4 nitrogen and oxygen atoms in total. The molecule has 1 aliphatic heterocycles. The maximum atomic E-state index is 6.01. The summed E-state index contributed by atoms with van der Waals surface area (Å²) in [7, 11) is 0. The van der Waals surface area contributed by atoms with E-state index in [2.05, 4.69) is 22.0 Å². The van der Waals surface area contributed by atoms with Gasteiger partial charge in [-0.05, 0) is 30.5 Å². The molecule has 0 aliphatic carbocycles. The van der Waals surface area contributed by atoms with Crippen LogP contribution in [0, 0.1) is 0 Å². The number of nitrogens with zero attached hydrogens (tertiary/aromatic N) is 2. The Morgan fingerprint density at radius 2 is 1.86 bits per heavy atom. The Morgan fingerprint density at radius 3 is 2.52 bits per heavy atom. The highest BCUT2D eigenvalue weighted by molar-refractivity contribution is 5.45. The van der Waals surface area contributed by atoms with Crippen molar-refractivity contribution in [2.75, 3.05) is 23.7 Å². The maximum absolute atomic E-state index is 6.01. The van der Waals surface area contributed by atoms with Crippen molar-refractivity contribution in [3.63, 3.8) is 0 Å². The number of benzene rings is 1. The van der Waals surface area contributed by atoms with Gasteiger partial charge in [0.2, 0.25) is 0 Å². The van der Waals surface area contributed by atoms with Crippen LogP contribution < -0.4 is 10.6 Å². The number of pyridine rings is 1. The van der Waals surface area contributed by atoms with Gasteiger partial charge < -0.3 is 15.4 Å². The Balaban J connectivity index is 1.48. The van der Waals surface area contributed by atoms with E-state index in [4.69, 9.17) is 10.5 Å². The number of nitrogen functional groups attached to an aromatic ring is 1. The van der Waals surface area contributed by atoms with Crippen molar-refractivity contribution in [3.8, 4) is 0 Å². The highest BCUT2D eigenvalue weighted by Gasteiger charge is 2.20. The quantitative estimate of drug-likeness (QED) is 0.937. The number of aromatic nitrogens is 1. The second-order valence-electron chi connectivity index (χ2n) is 5.43. The van der Waals surface area contributed by atoms with Gasteiger partial charge in [-0.15, -0.1) is 0 Å². The van der Waals surface area contributed by atoms with Crippen LogP contribution in [0.25, 0.3) is 0 Å². The average Bonchev–Trinajstić information content (AvgIpc) is 2.55. The first-order valence-corrected chi connectivity index (χ1v) is 7.43. The Hall–Kier alpha value is -2.07. The van der Waals surface area contributed by atoms with Crippen molar-refractivity contribution in [3.05, 3.63) is 54.2 Å². The minimum atomic E-state index is 0.343. The van der Waals surface area contributed by atoms with E-state index in [-0.39, 0.29) is 0 Å². The lowest BCUT2D eigenvalue weighted by molar-refractivity contribution is 0.0250. The Kier molecular flexibility index (Phi) is 4.36. The first-order chi connectivity index (χ1) is 10.3. The molecule has 110 valence electrons. The molecule has 3 rings (SSSR count). The highest BCUT2D eigenvalue weighted by atomic mass is 16.5. The lowest BCUT2D eigenvalue weighted by Crippen LogP contribution is -2.37. The summed E-state index contributed by atoms with van der Waals surface area (Å²) in [4.78, 5) is 6.67. The van der Waals surface area contributed by atoms with E-state index < -0.39 is 0 Å². The lowest BCUT2D eigenvalue weighted by atomic mass is 10.1. The minimum absolute atomic E-state index is 0.343. The Labute approximate surface area is 125 Å². The molecule has 2 heterocycles. The van der Waals surface area contributed by atoms with Crippen LogP contribution in [0.15, 0.2) is 48.7 Å². The van der Waals surface area contributed by atoms with E-state index in [1.807, 2.05) is 30.3 Å². The zero-order valence-corrected chi connectivity index (χ0v) is 12.1. The molecule has 0 amide bonds. The second-order valence-corrected chi connectivity index (χ2v) is 5.43. The molecule has 1 saturated heterocycles. The summed E-state index contributed by atoms with van der Waals surface area (Å²) in [6.07, 6.45) is 4.14. The topological polar surface area (TPSA) is 51.4 Å². The third-order valence-corrected chi connectivity index (χ3v) is 3.87. The molecule has 1 aliphatic rings. The van der Waals surface area contributed by atoms with Gasteiger partial charge in [-0.1, -0.05) is 30.3 Å². The van der Waals surface area contributed by atoms with Crippen LogP contribution in [-0.2, 0) is 11.3 Å². The summed E-state index contributed by atoms with van der Waals surface area (Å²) in [6.45, 7) is 2.67. The summed E-state index contributed by atoms with van der Waals surface area (Å²) < 4.78 is 6.01. The van der Waals surface area contributed by atoms with Crippen LogP contribution in [0.3, 0.4) is 0 Å². The number of anilines is 2. The molecule has 2 aromatic rings.